The van der Waals surface area contributed by atoms with Gasteiger partial charge in [0, 0.05) is 12.2 Å². The van der Waals surface area contributed by atoms with Gasteiger partial charge in [-0.25, -0.2) is 4.39 Å². The Morgan fingerprint density at radius 1 is 1.56 bits per heavy atom. The third-order valence-electron chi connectivity index (χ3n) is 2.81. The number of nitrogens with one attached hydrogen (secondary N) is 1. The number of thiocarbonyl (C=S) groups is 1. The molecule has 1 aromatic rings. The molecule has 1 aliphatic heterocycles. The summed E-state index contributed by atoms with van der Waals surface area (Å²) in [4.78, 5) is 12.0. The number of carbonyl (C=O) groups is 1. The first-order valence-electron chi connectivity index (χ1n) is 5.56. The molecule has 0 bridgehead atoms. The van der Waals surface area contributed by atoms with Crippen LogP contribution < -0.4 is 11.1 Å². The standard InChI is InChI=1S/C12H13FN2O2S/c13-8-1-2-10(9(5-8)11(14)18)15-12(16)7-3-4-17-6-7/h1-2,5,7H,3-4,6H2,(H2,14,18)(H,15,16). The Morgan fingerprint density at radius 3 is 2.94 bits per heavy atom. The molecule has 4 nitrogen and oxygen atoms in total. The van der Waals surface area contributed by atoms with Crippen molar-refractivity contribution in [2.75, 3.05) is 18.5 Å². The highest BCUT2D eigenvalue weighted by Crippen LogP contribution is 2.20. The smallest absolute Gasteiger partial charge is 0.229 e. The first-order chi connectivity index (χ1) is 8.58. The number of hydrogen-bond donors (Lipinski definition) is 2. The topological polar surface area (TPSA) is 64.3 Å². The zero-order chi connectivity index (χ0) is 13.1. The lowest BCUT2D eigenvalue weighted by molar-refractivity contribution is -0.119. The average Bonchev–Trinajstić information content (AvgIpc) is 2.84. The summed E-state index contributed by atoms with van der Waals surface area (Å²) in [5, 5.41) is 2.71. The number of rotatable bonds is 3. The van der Waals surface area contributed by atoms with E-state index in [2.05, 4.69) is 5.32 Å². The van der Waals surface area contributed by atoms with E-state index in [0.717, 1.165) is 0 Å². The van der Waals surface area contributed by atoms with Gasteiger partial charge in [-0.1, -0.05) is 12.2 Å². The molecule has 96 valence electrons. The molecule has 0 spiro atoms. The minimum atomic E-state index is -0.444. The van der Waals surface area contributed by atoms with Gasteiger partial charge in [0.05, 0.1) is 18.2 Å². The summed E-state index contributed by atoms with van der Waals surface area (Å²) in [5.74, 6) is -0.772. The molecule has 6 heteroatoms. The van der Waals surface area contributed by atoms with Crippen molar-refractivity contribution in [3.05, 3.63) is 29.6 Å². The molecule has 1 atom stereocenters. The summed E-state index contributed by atoms with van der Waals surface area (Å²) in [6.07, 6.45) is 0.690. The van der Waals surface area contributed by atoms with Crippen LogP contribution in [0.2, 0.25) is 0 Å². The molecule has 1 heterocycles. The highest BCUT2D eigenvalue weighted by atomic mass is 32.1. The zero-order valence-electron chi connectivity index (χ0n) is 9.61. The number of carbonyl (C=O) groups excluding carboxylic acids is 1. The molecule has 2 rings (SSSR count). The molecule has 1 aromatic carbocycles. The molecule has 1 aliphatic rings. The number of halogens is 1. The number of hydrogen-bond acceptors (Lipinski definition) is 3. The summed E-state index contributed by atoms with van der Waals surface area (Å²) in [7, 11) is 0. The first-order valence-corrected chi connectivity index (χ1v) is 5.96. The van der Waals surface area contributed by atoms with Crippen LogP contribution in [-0.2, 0) is 9.53 Å². The first kappa shape index (κ1) is 12.9. The maximum absolute atomic E-state index is 13.1. The summed E-state index contributed by atoms with van der Waals surface area (Å²) < 4.78 is 18.2. The fourth-order valence-electron chi connectivity index (χ4n) is 1.81. The largest absolute Gasteiger partial charge is 0.389 e. The molecule has 1 amide bonds. The van der Waals surface area contributed by atoms with Crippen LogP contribution in [0.25, 0.3) is 0 Å². The number of benzene rings is 1. The zero-order valence-corrected chi connectivity index (χ0v) is 10.4. The Morgan fingerprint density at radius 2 is 2.33 bits per heavy atom. The SMILES string of the molecule is NC(=S)c1cc(F)ccc1NC(=O)C1CCOC1. The van der Waals surface area contributed by atoms with Crippen LogP contribution in [0.1, 0.15) is 12.0 Å². The lowest BCUT2D eigenvalue weighted by Crippen LogP contribution is -2.24. The predicted octanol–water partition coefficient (Wildman–Crippen LogP) is 1.43. The normalized spacial score (nSPS) is 18.6. The Bertz CT molecular complexity index is 487. The Kier molecular flexibility index (Phi) is 3.88. The van der Waals surface area contributed by atoms with Crippen molar-refractivity contribution in [2.24, 2.45) is 11.7 Å². The van der Waals surface area contributed by atoms with Crippen LogP contribution in [0, 0.1) is 11.7 Å². The molecule has 3 N–H and O–H groups in total. The van der Waals surface area contributed by atoms with E-state index in [-0.39, 0.29) is 16.8 Å². The maximum atomic E-state index is 13.1. The lowest BCUT2D eigenvalue weighted by Gasteiger charge is -2.12. The minimum Gasteiger partial charge on any atom is -0.389 e. The summed E-state index contributed by atoms with van der Waals surface area (Å²) in [6, 6.07) is 3.92. The van der Waals surface area contributed by atoms with Gasteiger partial charge in [0.25, 0.3) is 0 Å². The molecule has 0 aliphatic carbocycles. The monoisotopic (exact) mass is 268 g/mol. The Balaban J connectivity index is 2.17. The summed E-state index contributed by atoms with van der Waals surface area (Å²) >= 11 is 4.83. The van der Waals surface area contributed by atoms with Crippen molar-refractivity contribution >= 4 is 28.8 Å². The fraction of sp³-hybridized carbons (Fsp3) is 0.333. The van der Waals surface area contributed by atoms with Gasteiger partial charge in [0.2, 0.25) is 5.91 Å². The van der Waals surface area contributed by atoms with Crippen molar-refractivity contribution in [1.29, 1.82) is 0 Å². The summed E-state index contributed by atoms with van der Waals surface area (Å²) in [5.41, 5.74) is 6.26. The van der Waals surface area contributed by atoms with Crippen molar-refractivity contribution in [3.63, 3.8) is 0 Å². The van der Waals surface area contributed by atoms with Gasteiger partial charge in [-0.2, -0.15) is 0 Å². The van der Waals surface area contributed by atoms with Gasteiger partial charge in [-0.3, -0.25) is 4.79 Å². The highest BCUT2D eigenvalue weighted by Gasteiger charge is 2.24. The van der Waals surface area contributed by atoms with Crippen LogP contribution in [-0.4, -0.2) is 24.1 Å². The Hall–Kier alpha value is -1.53. The van der Waals surface area contributed by atoms with Crippen LogP contribution in [0.4, 0.5) is 10.1 Å². The van der Waals surface area contributed by atoms with Gasteiger partial charge in [0.15, 0.2) is 0 Å². The number of anilines is 1. The second kappa shape index (κ2) is 5.41. The van der Waals surface area contributed by atoms with E-state index in [0.29, 0.717) is 30.9 Å². The van der Waals surface area contributed by atoms with Crippen LogP contribution in [0.15, 0.2) is 18.2 Å². The van der Waals surface area contributed by atoms with Gasteiger partial charge in [0.1, 0.15) is 10.8 Å². The van der Waals surface area contributed by atoms with Gasteiger partial charge in [-0.15, -0.1) is 0 Å². The predicted molar refractivity (Wildman–Crippen MR) is 69.8 cm³/mol. The number of amides is 1. The lowest BCUT2D eigenvalue weighted by atomic mass is 10.1. The van der Waals surface area contributed by atoms with Crippen LogP contribution >= 0.6 is 12.2 Å². The quantitative estimate of drug-likeness (QED) is 0.814. The fourth-order valence-corrected chi connectivity index (χ4v) is 1.97. The number of ether oxygens (including phenoxy) is 1. The second-order valence-corrected chi connectivity index (χ2v) is 4.54. The molecule has 1 unspecified atom stereocenters. The van der Waals surface area contributed by atoms with Crippen LogP contribution in [0.5, 0.6) is 0 Å². The minimum absolute atomic E-state index is 0.0486. The second-order valence-electron chi connectivity index (χ2n) is 4.10. The van der Waals surface area contributed by atoms with Gasteiger partial charge >= 0.3 is 0 Å². The molecule has 1 saturated heterocycles. The van der Waals surface area contributed by atoms with Crippen molar-refractivity contribution < 1.29 is 13.9 Å². The van der Waals surface area contributed by atoms with E-state index < -0.39 is 5.82 Å². The van der Waals surface area contributed by atoms with Crippen molar-refractivity contribution in [1.82, 2.24) is 0 Å². The molecule has 0 aromatic heterocycles. The molecule has 1 fully saturated rings. The van der Waals surface area contributed by atoms with E-state index in [9.17, 15) is 9.18 Å². The van der Waals surface area contributed by atoms with E-state index in [1.165, 1.54) is 18.2 Å². The van der Waals surface area contributed by atoms with E-state index in [1.54, 1.807) is 0 Å². The third kappa shape index (κ3) is 2.83. The maximum Gasteiger partial charge on any atom is 0.229 e. The van der Waals surface area contributed by atoms with Crippen molar-refractivity contribution in [3.8, 4) is 0 Å². The number of nitrogens with two attached hydrogens (primary N) is 1. The van der Waals surface area contributed by atoms with E-state index in [4.69, 9.17) is 22.7 Å². The van der Waals surface area contributed by atoms with Gasteiger partial charge in [-0.05, 0) is 24.6 Å². The third-order valence-corrected chi connectivity index (χ3v) is 3.03. The molecule has 18 heavy (non-hydrogen) atoms. The Labute approximate surface area is 109 Å². The molecule has 0 saturated carbocycles. The highest BCUT2D eigenvalue weighted by molar-refractivity contribution is 7.80. The van der Waals surface area contributed by atoms with Crippen molar-refractivity contribution in [2.45, 2.75) is 6.42 Å². The molecular weight excluding hydrogens is 255 g/mol. The van der Waals surface area contributed by atoms with Crippen LogP contribution in [0.3, 0.4) is 0 Å². The molecule has 0 radical (unpaired) electrons. The van der Waals surface area contributed by atoms with Gasteiger partial charge < -0.3 is 15.8 Å². The van der Waals surface area contributed by atoms with E-state index in [1.807, 2.05) is 0 Å². The van der Waals surface area contributed by atoms with E-state index >= 15 is 0 Å². The average molecular weight is 268 g/mol. The summed E-state index contributed by atoms with van der Waals surface area (Å²) in [6.45, 7) is 0.999. The molecular formula is C12H13FN2O2S.